The van der Waals surface area contributed by atoms with Crippen LogP contribution in [0, 0.1) is 6.08 Å². The Hall–Kier alpha value is -0.0657. The quantitative estimate of drug-likeness (QED) is 0.265. The van der Waals surface area contributed by atoms with Crippen molar-refractivity contribution in [2.45, 2.75) is 11.8 Å². The third-order valence-electron chi connectivity index (χ3n) is 4.24. The van der Waals surface area contributed by atoms with Crippen LogP contribution in [0.2, 0.25) is 0 Å². The maximum atomic E-state index is 3.62. The van der Waals surface area contributed by atoms with Gasteiger partial charge in [-0.3, -0.25) is 6.08 Å². The van der Waals surface area contributed by atoms with Crippen molar-refractivity contribution in [1.82, 2.24) is 0 Å². The fourth-order valence-corrected chi connectivity index (χ4v) is 4.85. The van der Waals surface area contributed by atoms with Crippen LogP contribution in [-0.4, -0.2) is 19.5 Å². The van der Waals surface area contributed by atoms with Crippen molar-refractivity contribution in [3.63, 3.8) is 0 Å². The molecule has 0 unspecified atom stereocenters. The van der Waals surface area contributed by atoms with E-state index in [-0.39, 0.29) is 72.3 Å². The number of hydrogen-bond donors (Lipinski definition) is 0. The molecule has 2 aromatic carbocycles. The Morgan fingerprint density at radius 2 is 1.31 bits per heavy atom. The van der Waals surface area contributed by atoms with Gasteiger partial charge in [0.2, 0.25) is 0 Å². The minimum Gasteiger partial charge on any atom is -0.268 e. The van der Waals surface area contributed by atoms with Crippen molar-refractivity contribution in [1.29, 1.82) is 0 Å². The monoisotopic (exact) mass is 461 g/mol. The topological polar surface area (TPSA) is 0 Å². The van der Waals surface area contributed by atoms with E-state index in [0.29, 0.717) is 0 Å². The maximum absolute atomic E-state index is 3.62. The first-order chi connectivity index (χ1) is 10.7. The SMILES string of the molecule is CP(C)CC(C1=[C-]CC=C1)(c1ccccc1)c1ccccc1.Cl.Cl.Cl.[Ti]. The Morgan fingerprint density at radius 1 is 0.846 bits per heavy atom. The third-order valence-corrected chi connectivity index (χ3v) is 5.35. The molecule has 0 atom stereocenters. The molecule has 0 N–H and O–H groups in total. The van der Waals surface area contributed by atoms with Crippen molar-refractivity contribution in [2.24, 2.45) is 0 Å². The summed E-state index contributed by atoms with van der Waals surface area (Å²) in [6.07, 6.45) is 10.2. The van der Waals surface area contributed by atoms with Gasteiger partial charge in [-0.2, -0.15) is 6.08 Å². The summed E-state index contributed by atoms with van der Waals surface area (Å²) < 4.78 is 0. The van der Waals surface area contributed by atoms with Crippen LogP contribution < -0.4 is 0 Å². The van der Waals surface area contributed by atoms with Crippen LogP contribution in [0.15, 0.2) is 78.4 Å². The van der Waals surface area contributed by atoms with Gasteiger partial charge in [0.25, 0.3) is 0 Å². The van der Waals surface area contributed by atoms with Crippen LogP contribution in [0.4, 0.5) is 0 Å². The summed E-state index contributed by atoms with van der Waals surface area (Å²) in [4.78, 5) is 0. The summed E-state index contributed by atoms with van der Waals surface area (Å²) in [6, 6.07) is 21.9. The molecule has 0 saturated heterocycles. The molecule has 0 saturated carbocycles. The van der Waals surface area contributed by atoms with Gasteiger partial charge in [-0.25, -0.2) is 11.6 Å². The van der Waals surface area contributed by atoms with E-state index in [1.54, 1.807) is 0 Å². The Kier molecular flexibility index (Phi) is 14.3. The van der Waals surface area contributed by atoms with Crippen LogP contribution in [0.5, 0.6) is 0 Å². The summed E-state index contributed by atoms with van der Waals surface area (Å²) in [5.41, 5.74) is 4.03. The normalized spacial score (nSPS) is 12.2. The smallest absolute Gasteiger partial charge is 0.0160 e. The van der Waals surface area contributed by atoms with Crippen LogP contribution >= 0.6 is 45.1 Å². The van der Waals surface area contributed by atoms with E-state index < -0.39 is 0 Å². The first kappa shape index (κ1) is 28.1. The molecule has 0 aliphatic heterocycles. The van der Waals surface area contributed by atoms with Crippen LogP contribution in [0.25, 0.3) is 0 Å². The van der Waals surface area contributed by atoms with Gasteiger partial charge in [-0.05, 0) is 30.6 Å². The van der Waals surface area contributed by atoms with Crippen molar-refractivity contribution >= 4 is 45.1 Å². The van der Waals surface area contributed by atoms with Gasteiger partial charge in [0.05, 0.1) is 0 Å². The second kappa shape index (κ2) is 13.2. The average Bonchev–Trinajstić information content (AvgIpc) is 3.09. The van der Waals surface area contributed by atoms with Gasteiger partial charge in [-0.1, -0.05) is 60.7 Å². The molecule has 140 valence electrons. The largest absolute Gasteiger partial charge is 0.268 e. The van der Waals surface area contributed by atoms with Gasteiger partial charge in [-0.15, -0.1) is 51.6 Å². The summed E-state index contributed by atoms with van der Waals surface area (Å²) in [7, 11) is -0.0465. The molecule has 0 aromatic heterocycles. The van der Waals surface area contributed by atoms with E-state index in [0.717, 1.165) is 12.6 Å². The van der Waals surface area contributed by atoms with Gasteiger partial charge < -0.3 is 0 Å². The van der Waals surface area contributed by atoms with Crippen LogP contribution in [0.3, 0.4) is 0 Å². The van der Waals surface area contributed by atoms with E-state index in [1.165, 1.54) is 16.7 Å². The van der Waals surface area contributed by atoms with Crippen molar-refractivity contribution in [3.05, 3.63) is 95.6 Å². The minimum absolute atomic E-state index is 0. The molecule has 1 aliphatic rings. The molecule has 0 bridgehead atoms. The number of benzene rings is 2. The van der Waals surface area contributed by atoms with E-state index in [4.69, 9.17) is 0 Å². The molecule has 0 fully saturated rings. The van der Waals surface area contributed by atoms with E-state index in [9.17, 15) is 0 Å². The Balaban J connectivity index is 0. The molecule has 2 aromatic rings. The molecule has 0 amide bonds. The predicted molar refractivity (Wildman–Crippen MR) is 120 cm³/mol. The molecule has 5 heteroatoms. The van der Waals surface area contributed by atoms with E-state index in [1.807, 2.05) is 0 Å². The average molecular weight is 463 g/mol. The molecule has 1 aliphatic carbocycles. The second-order valence-electron chi connectivity index (χ2n) is 6.07. The molecule has 3 rings (SSSR count). The zero-order valence-corrected chi connectivity index (χ0v) is 19.9. The molecule has 0 radical (unpaired) electrons. The van der Waals surface area contributed by atoms with E-state index in [2.05, 4.69) is 92.2 Å². The Morgan fingerprint density at radius 3 is 1.65 bits per heavy atom. The summed E-state index contributed by atoms with van der Waals surface area (Å²) in [5, 5.41) is 0. The first-order valence-corrected chi connectivity index (χ1v) is 10.2. The fourth-order valence-electron chi connectivity index (χ4n) is 3.36. The van der Waals surface area contributed by atoms with Gasteiger partial charge >= 0.3 is 0 Å². The van der Waals surface area contributed by atoms with Gasteiger partial charge in [0.15, 0.2) is 0 Å². The molecule has 26 heavy (non-hydrogen) atoms. The Bertz CT molecular complexity index is 645. The minimum atomic E-state index is -0.0648. The first-order valence-electron chi connectivity index (χ1n) is 7.77. The molecular weight excluding hydrogens is 437 g/mol. The molecule has 0 spiro atoms. The zero-order chi connectivity index (χ0) is 15.4. The zero-order valence-electron chi connectivity index (χ0n) is 15.0. The third kappa shape index (κ3) is 5.97. The Labute approximate surface area is 192 Å². The van der Waals surface area contributed by atoms with E-state index >= 15 is 0 Å². The number of allylic oxidation sites excluding steroid dienone is 4. The maximum Gasteiger partial charge on any atom is 0.0160 e. The summed E-state index contributed by atoms with van der Waals surface area (Å²) >= 11 is 0. The molecular formula is C21H25Cl3PTi-. The number of hydrogen-bond acceptors (Lipinski definition) is 0. The van der Waals surface area contributed by atoms with Gasteiger partial charge in [0.1, 0.15) is 0 Å². The summed E-state index contributed by atoms with van der Waals surface area (Å²) in [6.45, 7) is 4.74. The molecule has 0 nitrogen and oxygen atoms in total. The fraction of sp³-hybridized carbons (Fsp3) is 0.238. The standard InChI is InChI=1S/C21H22P.3ClH.Ti/c1-22(2)17-21(20-15-9-10-16-20,18-11-5-3-6-12-18)19-13-7-4-8-14-19;;;;/h3-9,11-15H,10,17H2,1-2H3;3*1H;/q-1;;;;. The number of halogens is 3. The van der Waals surface area contributed by atoms with Gasteiger partial charge in [0, 0.05) is 27.1 Å². The van der Waals surface area contributed by atoms with Crippen molar-refractivity contribution in [3.8, 4) is 0 Å². The molecule has 0 heterocycles. The van der Waals surface area contributed by atoms with Crippen LogP contribution in [0.1, 0.15) is 17.5 Å². The van der Waals surface area contributed by atoms with Crippen molar-refractivity contribution < 1.29 is 21.7 Å². The predicted octanol–water partition coefficient (Wildman–Crippen LogP) is 6.67. The van der Waals surface area contributed by atoms with Crippen LogP contribution in [-0.2, 0) is 27.1 Å². The summed E-state index contributed by atoms with van der Waals surface area (Å²) in [5.74, 6) is 0. The van der Waals surface area contributed by atoms with Crippen molar-refractivity contribution in [2.75, 3.05) is 19.5 Å². The number of rotatable bonds is 5. The second-order valence-corrected chi connectivity index (χ2v) is 8.55.